The van der Waals surface area contributed by atoms with Gasteiger partial charge in [0, 0.05) is 10.9 Å². The molecule has 3 rings (SSSR count). The van der Waals surface area contributed by atoms with E-state index in [1.54, 1.807) is 36.5 Å². The Kier molecular flexibility index (Phi) is 2.87. The molecule has 0 saturated carbocycles. The number of rotatable bonds is 2. The van der Waals surface area contributed by atoms with Crippen LogP contribution in [0, 0.1) is 0 Å². The Morgan fingerprint density at radius 3 is 2.65 bits per heavy atom. The Hall–Kier alpha value is -2.82. The van der Waals surface area contributed by atoms with Crippen molar-refractivity contribution in [1.82, 2.24) is 9.78 Å². The molecule has 0 aliphatic carbocycles. The number of ether oxygens (including phenoxy) is 1. The lowest BCUT2D eigenvalue weighted by atomic mass is 10.2. The summed E-state index contributed by atoms with van der Waals surface area (Å²) in [7, 11) is 1.44. The van der Waals surface area contributed by atoms with Gasteiger partial charge in [-0.25, -0.2) is 0 Å². The number of hydrogen-bond donors (Lipinski definition) is 1. The molecule has 0 saturated heterocycles. The molecule has 1 N–H and O–H groups in total. The van der Waals surface area contributed by atoms with Crippen molar-refractivity contribution < 1.29 is 14.6 Å². The lowest BCUT2D eigenvalue weighted by Gasteiger charge is -2.08. The van der Waals surface area contributed by atoms with Gasteiger partial charge in [0.1, 0.15) is 5.52 Å². The molecule has 1 heterocycles. The largest absolute Gasteiger partial charge is 0.504 e. The standard InChI is InChI=1S/C15H12N2O3/c1-20-14-12(18)8-7-11-9-16-17(13(11)14)15(19)10-5-3-2-4-6-10/h2-9,18H,1H3. The van der Waals surface area contributed by atoms with Gasteiger partial charge in [0.15, 0.2) is 11.5 Å². The SMILES string of the molecule is COc1c(O)ccc2cnn(C(=O)c3ccccc3)c12. The van der Waals surface area contributed by atoms with Crippen molar-refractivity contribution in [2.24, 2.45) is 0 Å². The maximum Gasteiger partial charge on any atom is 0.278 e. The smallest absolute Gasteiger partial charge is 0.278 e. The van der Waals surface area contributed by atoms with Gasteiger partial charge in [0.25, 0.3) is 5.91 Å². The predicted octanol–water partition coefficient (Wildman–Crippen LogP) is 2.44. The molecule has 0 radical (unpaired) electrons. The molecule has 0 amide bonds. The van der Waals surface area contributed by atoms with Crippen molar-refractivity contribution in [3.05, 3.63) is 54.2 Å². The summed E-state index contributed by atoms with van der Waals surface area (Å²) in [4.78, 5) is 12.5. The van der Waals surface area contributed by atoms with E-state index < -0.39 is 0 Å². The van der Waals surface area contributed by atoms with Crippen LogP contribution in [0.15, 0.2) is 48.7 Å². The Bertz CT molecular complexity index is 778. The normalized spacial score (nSPS) is 10.7. The molecule has 0 aliphatic heterocycles. The van der Waals surface area contributed by atoms with E-state index in [0.717, 1.165) is 5.39 Å². The Balaban J connectivity index is 2.22. The van der Waals surface area contributed by atoms with Crippen molar-refractivity contribution in [2.45, 2.75) is 0 Å². The van der Waals surface area contributed by atoms with Crippen molar-refractivity contribution in [3.63, 3.8) is 0 Å². The molecule has 2 aromatic carbocycles. The van der Waals surface area contributed by atoms with Crippen molar-refractivity contribution >= 4 is 16.8 Å². The summed E-state index contributed by atoms with van der Waals surface area (Å²) in [5.41, 5.74) is 0.976. The Morgan fingerprint density at radius 1 is 1.20 bits per heavy atom. The number of methoxy groups -OCH3 is 1. The highest BCUT2D eigenvalue weighted by atomic mass is 16.5. The van der Waals surface area contributed by atoms with Gasteiger partial charge in [0.05, 0.1) is 13.3 Å². The highest BCUT2D eigenvalue weighted by Crippen LogP contribution is 2.34. The van der Waals surface area contributed by atoms with Crippen LogP contribution in [0.1, 0.15) is 10.4 Å². The van der Waals surface area contributed by atoms with Gasteiger partial charge in [-0.15, -0.1) is 0 Å². The zero-order valence-corrected chi connectivity index (χ0v) is 10.8. The molecule has 5 heteroatoms. The van der Waals surface area contributed by atoms with Crippen LogP contribution in [0.4, 0.5) is 0 Å². The second kappa shape index (κ2) is 4.70. The number of benzene rings is 2. The van der Waals surface area contributed by atoms with Crippen molar-refractivity contribution in [3.8, 4) is 11.5 Å². The van der Waals surface area contributed by atoms with Crippen LogP contribution in [0.2, 0.25) is 0 Å². The second-order valence-electron chi connectivity index (χ2n) is 4.28. The van der Waals surface area contributed by atoms with E-state index in [0.29, 0.717) is 11.1 Å². The second-order valence-corrected chi connectivity index (χ2v) is 4.28. The van der Waals surface area contributed by atoms with E-state index in [1.807, 2.05) is 6.07 Å². The van der Waals surface area contributed by atoms with Crippen LogP contribution in [0.3, 0.4) is 0 Å². The number of phenolic OH excluding ortho intramolecular Hbond substituents is 1. The minimum Gasteiger partial charge on any atom is -0.504 e. The van der Waals surface area contributed by atoms with Crippen LogP contribution in [-0.4, -0.2) is 27.9 Å². The summed E-state index contributed by atoms with van der Waals surface area (Å²) < 4.78 is 6.42. The molecular weight excluding hydrogens is 256 g/mol. The summed E-state index contributed by atoms with van der Waals surface area (Å²) in [6.45, 7) is 0. The molecule has 0 aliphatic rings. The molecule has 1 aromatic heterocycles. The van der Waals surface area contributed by atoms with Crippen LogP contribution in [-0.2, 0) is 0 Å². The summed E-state index contributed by atoms with van der Waals surface area (Å²) >= 11 is 0. The number of hydrogen-bond acceptors (Lipinski definition) is 4. The topological polar surface area (TPSA) is 64.3 Å². The number of aromatic hydroxyl groups is 1. The zero-order chi connectivity index (χ0) is 14.1. The fraction of sp³-hybridized carbons (Fsp3) is 0.0667. The molecule has 5 nitrogen and oxygen atoms in total. The lowest BCUT2D eigenvalue weighted by Crippen LogP contribution is -2.13. The van der Waals surface area contributed by atoms with Gasteiger partial charge in [-0.1, -0.05) is 18.2 Å². The third-order valence-corrected chi connectivity index (χ3v) is 3.08. The predicted molar refractivity (Wildman–Crippen MR) is 74.1 cm³/mol. The van der Waals surface area contributed by atoms with Crippen LogP contribution in [0.25, 0.3) is 10.9 Å². The van der Waals surface area contributed by atoms with Gasteiger partial charge in [-0.05, 0) is 24.3 Å². The monoisotopic (exact) mass is 268 g/mol. The molecule has 0 fully saturated rings. The number of nitrogens with zero attached hydrogens (tertiary/aromatic N) is 2. The van der Waals surface area contributed by atoms with Crippen LogP contribution >= 0.6 is 0 Å². The third-order valence-electron chi connectivity index (χ3n) is 3.08. The summed E-state index contributed by atoms with van der Waals surface area (Å²) in [6.07, 6.45) is 1.57. The maximum atomic E-state index is 12.5. The van der Waals surface area contributed by atoms with Gasteiger partial charge < -0.3 is 9.84 Å². The summed E-state index contributed by atoms with van der Waals surface area (Å²) in [5.74, 6) is -0.0589. The molecule has 0 bridgehead atoms. The van der Waals surface area contributed by atoms with Crippen molar-refractivity contribution in [2.75, 3.05) is 7.11 Å². The third kappa shape index (κ3) is 1.80. The van der Waals surface area contributed by atoms with Gasteiger partial charge in [-0.3, -0.25) is 4.79 Å². The van der Waals surface area contributed by atoms with Crippen LogP contribution < -0.4 is 4.74 Å². The number of carbonyl (C=O) groups excluding carboxylic acids is 1. The van der Waals surface area contributed by atoms with E-state index >= 15 is 0 Å². The minimum absolute atomic E-state index is 0.0254. The minimum atomic E-state index is -0.274. The van der Waals surface area contributed by atoms with Crippen molar-refractivity contribution in [1.29, 1.82) is 0 Å². The highest BCUT2D eigenvalue weighted by molar-refractivity contribution is 6.03. The number of fused-ring (bicyclic) bond motifs is 1. The first-order valence-electron chi connectivity index (χ1n) is 6.06. The number of aromatic nitrogens is 2. The highest BCUT2D eigenvalue weighted by Gasteiger charge is 2.18. The van der Waals surface area contributed by atoms with Crippen LogP contribution in [0.5, 0.6) is 11.5 Å². The average Bonchev–Trinajstić information content (AvgIpc) is 2.91. The quantitative estimate of drug-likeness (QED) is 0.775. The maximum absolute atomic E-state index is 12.5. The molecule has 0 spiro atoms. The zero-order valence-electron chi connectivity index (χ0n) is 10.8. The van der Waals surface area contributed by atoms with E-state index in [4.69, 9.17) is 4.74 Å². The Labute approximate surface area is 115 Å². The molecule has 3 aromatic rings. The first kappa shape index (κ1) is 12.2. The fourth-order valence-corrected chi connectivity index (χ4v) is 2.13. The Morgan fingerprint density at radius 2 is 1.95 bits per heavy atom. The van der Waals surface area contributed by atoms with E-state index in [-0.39, 0.29) is 17.4 Å². The van der Waals surface area contributed by atoms with E-state index in [2.05, 4.69) is 5.10 Å². The van der Waals surface area contributed by atoms with Gasteiger partial charge >= 0.3 is 0 Å². The van der Waals surface area contributed by atoms with Gasteiger partial charge in [-0.2, -0.15) is 9.78 Å². The average molecular weight is 268 g/mol. The first-order chi connectivity index (χ1) is 9.72. The molecule has 0 atom stereocenters. The van der Waals surface area contributed by atoms with Gasteiger partial charge in [0.2, 0.25) is 0 Å². The van der Waals surface area contributed by atoms with E-state index in [1.165, 1.54) is 17.9 Å². The molecular formula is C15H12N2O3. The lowest BCUT2D eigenvalue weighted by molar-refractivity contribution is 0.0950. The molecule has 20 heavy (non-hydrogen) atoms. The summed E-state index contributed by atoms with van der Waals surface area (Å²) in [6, 6.07) is 12.0. The fourth-order valence-electron chi connectivity index (χ4n) is 2.13. The summed E-state index contributed by atoms with van der Waals surface area (Å²) in [5, 5.41) is 14.6. The molecule has 0 unspecified atom stereocenters. The number of carbonyl (C=O) groups is 1. The number of phenols is 1. The van der Waals surface area contributed by atoms with E-state index in [9.17, 15) is 9.90 Å². The first-order valence-corrected chi connectivity index (χ1v) is 6.06. The molecule has 100 valence electrons.